The van der Waals surface area contributed by atoms with Gasteiger partial charge in [-0.05, 0) is 35.7 Å². The van der Waals surface area contributed by atoms with E-state index in [1.807, 2.05) is 0 Å². The van der Waals surface area contributed by atoms with E-state index in [-0.39, 0.29) is 80.5 Å². The number of fused-ring (bicyclic) bond motifs is 2. The van der Waals surface area contributed by atoms with Crippen molar-refractivity contribution in [2.75, 3.05) is 5.73 Å². The van der Waals surface area contributed by atoms with Crippen molar-refractivity contribution >= 4 is 85.0 Å². The zero-order valence-electron chi connectivity index (χ0n) is 18.6. The number of nitro benzene ring substituents is 1. The van der Waals surface area contributed by atoms with Crippen LogP contribution in [0.15, 0.2) is 79.4 Å². The molecule has 4 rings (SSSR count). The Balaban J connectivity index is 0.000000343. The van der Waals surface area contributed by atoms with Crippen LogP contribution in [0.25, 0.3) is 21.5 Å². The summed E-state index contributed by atoms with van der Waals surface area (Å²) >= 11 is 6.44. The number of hydrogen-bond donors (Lipinski definition) is 1. The van der Waals surface area contributed by atoms with E-state index in [4.69, 9.17) is 5.73 Å². The van der Waals surface area contributed by atoms with E-state index >= 15 is 0 Å². The number of benzene rings is 4. The molecule has 16 heteroatoms. The van der Waals surface area contributed by atoms with Crippen LogP contribution in [0.4, 0.5) is 11.4 Å². The summed E-state index contributed by atoms with van der Waals surface area (Å²) < 4.78 is 67.8. The van der Waals surface area contributed by atoms with Crippen molar-refractivity contribution in [3.8, 4) is 0 Å². The fourth-order valence-corrected chi connectivity index (χ4v) is 5.59. The van der Waals surface area contributed by atoms with Crippen LogP contribution in [0, 0.1) is 10.1 Å². The molecule has 0 heterocycles. The van der Waals surface area contributed by atoms with Crippen molar-refractivity contribution in [2.45, 2.75) is 9.79 Å². The van der Waals surface area contributed by atoms with Crippen LogP contribution < -0.4 is 64.8 Å². The molecular weight excluding hydrogens is 666 g/mol. The van der Waals surface area contributed by atoms with E-state index in [0.717, 1.165) is 12.1 Å². The maximum Gasteiger partial charge on any atom is 1.00 e. The minimum atomic E-state index is -4.78. The van der Waals surface area contributed by atoms with Gasteiger partial charge in [-0.2, -0.15) is 0 Å². The molecule has 0 aliphatic rings. The second-order valence-electron chi connectivity index (χ2n) is 6.73. The first-order valence-corrected chi connectivity index (χ1v) is 13.4. The van der Waals surface area contributed by atoms with E-state index in [0.29, 0.717) is 19.7 Å². The second-order valence-corrected chi connectivity index (χ2v) is 11.1. The predicted octanol–water partition coefficient (Wildman–Crippen LogP) is -1.49. The van der Waals surface area contributed by atoms with Gasteiger partial charge in [0.05, 0.1) is 20.1 Å². The maximum absolute atomic E-state index is 11.1. The van der Waals surface area contributed by atoms with Crippen LogP contribution in [0.5, 0.6) is 0 Å². The van der Waals surface area contributed by atoms with Crippen molar-refractivity contribution in [3.05, 3.63) is 79.7 Å². The third kappa shape index (κ3) is 7.27. The maximum atomic E-state index is 11.1. The molecule has 0 fully saturated rings. The third-order valence-corrected chi connectivity index (χ3v) is 7.78. The van der Waals surface area contributed by atoms with Gasteiger partial charge in [-0.15, -0.1) is 0 Å². The van der Waals surface area contributed by atoms with Gasteiger partial charge in [-0.3, -0.25) is 10.1 Å². The molecule has 0 radical (unpaired) electrons. The number of anilines is 1. The summed E-state index contributed by atoms with van der Waals surface area (Å²) in [6.45, 7) is 0. The van der Waals surface area contributed by atoms with Gasteiger partial charge in [0.25, 0.3) is 5.69 Å². The van der Waals surface area contributed by atoms with Crippen molar-refractivity contribution in [3.63, 3.8) is 0 Å². The van der Waals surface area contributed by atoms with Gasteiger partial charge < -0.3 is 14.8 Å². The SMILES string of the molecule is Nc1cccc2c(Br)ccc(S(=O)(=O)[O-])c12.O=[N+]([O-])c1cccc2c(Br)ccc(S(=O)(=O)[O-])c12.[Na+].[Na+]. The molecule has 178 valence electrons. The van der Waals surface area contributed by atoms with Gasteiger partial charge in [-0.25, -0.2) is 16.8 Å². The molecule has 0 aromatic heterocycles. The Kier molecular flexibility index (Phi) is 12.0. The van der Waals surface area contributed by atoms with Crippen LogP contribution in [-0.4, -0.2) is 30.9 Å². The van der Waals surface area contributed by atoms with Crippen molar-refractivity contribution in [1.29, 1.82) is 0 Å². The van der Waals surface area contributed by atoms with Gasteiger partial charge in [0.15, 0.2) is 0 Å². The Bertz CT molecular complexity index is 1680. The molecule has 0 atom stereocenters. The van der Waals surface area contributed by atoms with E-state index in [2.05, 4.69) is 31.9 Å². The van der Waals surface area contributed by atoms with Crippen molar-refractivity contribution in [1.82, 2.24) is 0 Å². The molecule has 0 spiro atoms. The molecule has 4 aromatic carbocycles. The van der Waals surface area contributed by atoms with Crippen molar-refractivity contribution < 1.29 is 90.0 Å². The molecule has 36 heavy (non-hydrogen) atoms. The zero-order chi connectivity index (χ0) is 25.4. The topological polar surface area (TPSA) is 184 Å². The van der Waals surface area contributed by atoms with Crippen molar-refractivity contribution in [2.24, 2.45) is 0 Å². The first-order chi connectivity index (χ1) is 15.7. The average Bonchev–Trinajstić information content (AvgIpc) is 2.73. The summed E-state index contributed by atoms with van der Waals surface area (Å²) in [5.41, 5.74) is 5.56. The van der Waals surface area contributed by atoms with Crippen LogP contribution in [0.2, 0.25) is 0 Å². The minimum Gasteiger partial charge on any atom is -0.744 e. The fraction of sp³-hybridized carbons (Fsp3) is 0. The summed E-state index contributed by atoms with van der Waals surface area (Å²) in [5, 5.41) is 11.9. The fourth-order valence-electron chi connectivity index (χ4n) is 3.26. The third-order valence-electron chi connectivity index (χ3n) is 4.64. The van der Waals surface area contributed by atoms with Gasteiger partial charge >= 0.3 is 59.1 Å². The monoisotopic (exact) mass is 676 g/mol. The van der Waals surface area contributed by atoms with Gasteiger partial charge in [0.1, 0.15) is 20.2 Å². The summed E-state index contributed by atoms with van der Waals surface area (Å²) in [4.78, 5) is 9.30. The number of nitro groups is 1. The Labute approximate surface area is 267 Å². The molecular formula is C20H12Br2N2Na2O8S2. The van der Waals surface area contributed by atoms with E-state index in [9.17, 15) is 36.1 Å². The quantitative estimate of drug-likeness (QED) is 0.0888. The predicted molar refractivity (Wildman–Crippen MR) is 130 cm³/mol. The molecule has 0 aliphatic heterocycles. The van der Waals surface area contributed by atoms with E-state index in [1.165, 1.54) is 30.3 Å². The van der Waals surface area contributed by atoms with Crippen LogP contribution in [0.3, 0.4) is 0 Å². The number of nitrogens with two attached hydrogens (primary N) is 1. The standard InChI is InChI=1S/C10H6BrNO5S.C10H8BrNO3S.2Na/c11-7-4-5-9(18(15,16)17)10-6(7)2-1-3-8(10)12(13)14;11-7-4-5-9(16(13,14)15)10-6(7)2-1-3-8(10)12;;/h1-5H,(H,15,16,17);1-5H,12H2,(H,13,14,15);;/q;;2*+1/p-2. The second kappa shape index (κ2) is 13.0. The molecule has 0 bridgehead atoms. The number of non-ortho nitro benzene ring substituents is 1. The zero-order valence-corrected chi connectivity index (χ0v) is 27.4. The van der Waals surface area contributed by atoms with Gasteiger partial charge in [0.2, 0.25) is 0 Å². The summed E-state index contributed by atoms with van der Waals surface area (Å²) in [6.07, 6.45) is 0. The molecule has 0 saturated carbocycles. The molecule has 0 unspecified atom stereocenters. The Morgan fingerprint density at radius 2 is 1.11 bits per heavy atom. The summed E-state index contributed by atoms with van der Waals surface area (Å²) in [7, 11) is -9.30. The molecule has 0 saturated heterocycles. The minimum absolute atomic E-state index is 0. The largest absolute Gasteiger partial charge is 1.00 e. The normalized spacial score (nSPS) is 11.1. The first-order valence-electron chi connectivity index (χ1n) is 8.97. The number of rotatable bonds is 3. The van der Waals surface area contributed by atoms with E-state index < -0.39 is 35.7 Å². The van der Waals surface area contributed by atoms with Crippen LogP contribution in [-0.2, 0) is 20.2 Å². The first kappa shape index (κ1) is 33.4. The molecule has 0 amide bonds. The molecule has 4 aromatic rings. The van der Waals surface area contributed by atoms with Crippen LogP contribution in [0.1, 0.15) is 0 Å². The summed E-state index contributed by atoms with van der Waals surface area (Å²) in [6, 6.07) is 14.2. The number of hydrogen-bond acceptors (Lipinski definition) is 9. The molecule has 2 N–H and O–H groups in total. The molecule has 0 aliphatic carbocycles. The Morgan fingerprint density at radius 3 is 1.56 bits per heavy atom. The summed E-state index contributed by atoms with van der Waals surface area (Å²) in [5.74, 6) is 0. The van der Waals surface area contributed by atoms with Crippen LogP contribution >= 0.6 is 31.9 Å². The number of halogens is 2. The van der Waals surface area contributed by atoms with Gasteiger partial charge in [-0.1, -0.05) is 56.1 Å². The Morgan fingerprint density at radius 1 is 0.694 bits per heavy atom. The van der Waals surface area contributed by atoms with E-state index in [1.54, 1.807) is 18.2 Å². The molecule has 10 nitrogen and oxygen atoms in total. The average molecular weight is 678 g/mol. The number of nitrogen functional groups attached to an aromatic ring is 1. The van der Waals surface area contributed by atoms with Gasteiger partial charge in [0, 0.05) is 31.5 Å². The number of nitrogens with zero attached hydrogens (tertiary/aromatic N) is 1. The smallest absolute Gasteiger partial charge is 0.744 e. The Hall–Kier alpha value is -0.620.